The highest BCUT2D eigenvalue weighted by Gasteiger charge is 2.27. The predicted octanol–water partition coefficient (Wildman–Crippen LogP) is 0.785. The molecule has 1 amide bonds. The minimum absolute atomic E-state index is 0.0420. The van der Waals surface area contributed by atoms with Crippen molar-refractivity contribution in [1.82, 2.24) is 4.90 Å². The third-order valence-electron chi connectivity index (χ3n) is 3.13. The van der Waals surface area contributed by atoms with Gasteiger partial charge in [-0.25, -0.2) is 0 Å². The van der Waals surface area contributed by atoms with E-state index in [1.165, 1.54) is 0 Å². The third kappa shape index (κ3) is 2.48. The molecule has 0 aromatic heterocycles. The van der Waals surface area contributed by atoms with Crippen molar-refractivity contribution in [2.75, 3.05) is 26.3 Å². The van der Waals surface area contributed by atoms with Gasteiger partial charge in [0.05, 0.1) is 25.2 Å². The van der Waals surface area contributed by atoms with Crippen LogP contribution >= 0.6 is 0 Å². The lowest BCUT2D eigenvalue weighted by atomic mass is 9.97. The van der Waals surface area contributed by atoms with Crippen LogP contribution in [0.4, 0.5) is 0 Å². The van der Waals surface area contributed by atoms with Crippen LogP contribution in [-0.4, -0.2) is 37.1 Å². The van der Waals surface area contributed by atoms with Gasteiger partial charge in [0.2, 0.25) is 5.91 Å². The Morgan fingerprint density at radius 3 is 2.93 bits per heavy atom. The molecule has 0 bridgehead atoms. The molecule has 1 atom stereocenters. The number of carbonyl (C=O) groups is 1. The second kappa shape index (κ2) is 4.63. The number of hydrogen-bond donors (Lipinski definition) is 0. The van der Waals surface area contributed by atoms with Gasteiger partial charge in [-0.05, 0) is 12.8 Å². The summed E-state index contributed by atoms with van der Waals surface area (Å²) >= 11 is 0. The smallest absolute Gasteiger partial charge is 0.223 e. The molecule has 0 aliphatic carbocycles. The first-order chi connectivity index (χ1) is 7.29. The van der Waals surface area contributed by atoms with Gasteiger partial charge in [0.25, 0.3) is 0 Å². The van der Waals surface area contributed by atoms with Crippen molar-refractivity contribution in [3.63, 3.8) is 0 Å². The van der Waals surface area contributed by atoms with Crippen LogP contribution in [0.3, 0.4) is 0 Å². The Hall–Kier alpha value is -1.08. The van der Waals surface area contributed by atoms with Crippen molar-refractivity contribution in [2.45, 2.75) is 19.3 Å². The van der Waals surface area contributed by atoms with Gasteiger partial charge in [-0.15, -0.1) is 0 Å². The van der Waals surface area contributed by atoms with Gasteiger partial charge in [0.1, 0.15) is 0 Å². The van der Waals surface area contributed by atoms with E-state index in [1.807, 2.05) is 4.90 Å². The molecule has 0 N–H and O–H groups in total. The Morgan fingerprint density at radius 2 is 2.33 bits per heavy atom. The maximum atomic E-state index is 11.8. The molecule has 0 saturated carbocycles. The molecule has 4 heteroatoms. The summed E-state index contributed by atoms with van der Waals surface area (Å²) in [5.74, 6) is 0.656. The Balaban J connectivity index is 1.81. The van der Waals surface area contributed by atoms with E-state index in [1.54, 1.807) is 0 Å². The number of hydrogen-bond acceptors (Lipinski definition) is 3. The lowest BCUT2D eigenvalue weighted by Crippen LogP contribution is -2.42. The zero-order chi connectivity index (χ0) is 10.7. The predicted molar refractivity (Wildman–Crippen MR) is 53.8 cm³/mol. The van der Waals surface area contributed by atoms with E-state index in [9.17, 15) is 4.79 Å². The van der Waals surface area contributed by atoms with Gasteiger partial charge in [-0.1, -0.05) is 0 Å². The van der Waals surface area contributed by atoms with E-state index >= 15 is 0 Å². The average Bonchev–Trinajstić information content (AvgIpc) is 2.23. The van der Waals surface area contributed by atoms with E-state index in [0.717, 1.165) is 32.6 Å². The number of nitrogens with zero attached hydrogens (tertiary/aromatic N) is 2. The minimum Gasteiger partial charge on any atom is -0.381 e. The first kappa shape index (κ1) is 10.4. The molecule has 0 aromatic rings. The average molecular weight is 208 g/mol. The molecule has 2 heterocycles. The van der Waals surface area contributed by atoms with Crippen molar-refractivity contribution < 1.29 is 9.53 Å². The molecule has 2 aliphatic rings. The molecule has 2 fully saturated rings. The topological polar surface area (TPSA) is 53.3 Å². The highest BCUT2D eigenvalue weighted by atomic mass is 16.5. The summed E-state index contributed by atoms with van der Waals surface area (Å²) in [6, 6.07) is 2.25. The molecule has 82 valence electrons. The van der Waals surface area contributed by atoms with E-state index in [2.05, 4.69) is 6.07 Å². The summed E-state index contributed by atoms with van der Waals surface area (Å²) in [6.45, 7) is 2.90. The number of ether oxygens (including phenoxy) is 1. The Labute approximate surface area is 89.8 Å². The molecule has 2 aliphatic heterocycles. The highest BCUT2D eigenvalue weighted by Crippen LogP contribution is 2.20. The van der Waals surface area contributed by atoms with Crippen molar-refractivity contribution in [3.05, 3.63) is 0 Å². The van der Waals surface area contributed by atoms with E-state index in [-0.39, 0.29) is 11.8 Å². The van der Waals surface area contributed by atoms with Crippen LogP contribution in [0.15, 0.2) is 0 Å². The molecule has 1 unspecified atom stereocenters. The van der Waals surface area contributed by atoms with Gasteiger partial charge in [-0.2, -0.15) is 5.26 Å². The minimum atomic E-state index is 0.0420. The molecule has 0 radical (unpaired) electrons. The van der Waals surface area contributed by atoms with Crippen molar-refractivity contribution in [2.24, 2.45) is 11.8 Å². The molecular formula is C11H16N2O2. The number of carbonyl (C=O) groups excluding carboxylic acids is 1. The fourth-order valence-corrected chi connectivity index (χ4v) is 2.09. The van der Waals surface area contributed by atoms with Crippen LogP contribution in [0.2, 0.25) is 0 Å². The molecule has 2 rings (SSSR count). The lowest BCUT2D eigenvalue weighted by molar-refractivity contribution is -0.138. The Bertz CT molecular complexity index is 281. The van der Waals surface area contributed by atoms with Gasteiger partial charge >= 0.3 is 0 Å². The van der Waals surface area contributed by atoms with Crippen molar-refractivity contribution in [1.29, 1.82) is 5.26 Å². The van der Waals surface area contributed by atoms with Crippen LogP contribution in [0, 0.1) is 23.2 Å². The van der Waals surface area contributed by atoms with Gasteiger partial charge < -0.3 is 9.64 Å². The molecule has 2 saturated heterocycles. The van der Waals surface area contributed by atoms with Crippen LogP contribution in [0.1, 0.15) is 19.3 Å². The van der Waals surface area contributed by atoms with Crippen molar-refractivity contribution >= 4 is 5.91 Å². The number of nitriles is 1. The first-order valence-electron chi connectivity index (χ1n) is 5.54. The summed E-state index contributed by atoms with van der Waals surface area (Å²) in [5.41, 5.74) is 0. The zero-order valence-electron chi connectivity index (χ0n) is 8.82. The van der Waals surface area contributed by atoms with Crippen LogP contribution in [0.5, 0.6) is 0 Å². The van der Waals surface area contributed by atoms with Crippen molar-refractivity contribution in [3.8, 4) is 6.07 Å². The number of piperidine rings is 1. The van der Waals surface area contributed by atoms with Crippen LogP contribution in [-0.2, 0) is 9.53 Å². The van der Waals surface area contributed by atoms with E-state index in [4.69, 9.17) is 10.00 Å². The molecule has 15 heavy (non-hydrogen) atoms. The maximum absolute atomic E-state index is 11.8. The molecule has 0 spiro atoms. The summed E-state index contributed by atoms with van der Waals surface area (Å²) in [7, 11) is 0. The normalized spacial score (nSPS) is 26.9. The van der Waals surface area contributed by atoms with Gasteiger partial charge in [0, 0.05) is 25.4 Å². The Morgan fingerprint density at radius 1 is 1.53 bits per heavy atom. The SMILES string of the molecule is N#CC1CCCN(C(=O)CC2COC2)C1. The molecule has 4 nitrogen and oxygen atoms in total. The monoisotopic (exact) mass is 208 g/mol. The molecular weight excluding hydrogens is 192 g/mol. The first-order valence-corrected chi connectivity index (χ1v) is 5.54. The Kier molecular flexibility index (Phi) is 3.22. The van der Waals surface area contributed by atoms with E-state index < -0.39 is 0 Å². The maximum Gasteiger partial charge on any atom is 0.223 e. The second-order valence-electron chi connectivity index (χ2n) is 4.42. The fourth-order valence-electron chi connectivity index (χ4n) is 2.09. The lowest BCUT2D eigenvalue weighted by Gasteiger charge is -2.32. The summed E-state index contributed by atoms with van der Waals surface area (Å²) in [5, 5.41) is 8.82. The van der Waals surface area contributed by atoms with Crippen LogP contribution < -0.4 is 0 Å². The highest BCUT2D eigenvalue weighted by molar-refractivity contribution is 5.76. The number of rotatable bonds is 2. The fraction of sp³-hybridized carbons (Fsp3) is 0.818. The zero-order valence-corrected chi connectivity index (χ0v) is 8.82. The summed E-state index contributed by atoms with van der Waals surface area (Å²) in [6.07, 6.45) is 2.50. The summed E-state index contributed by atoms with van der Waals surface area (Å²) < 4.78 is 5.04. The van der Waals surface area contributed by atoms with Gasteiger partial charge in [-0.3, -0.25) is 4.79 Å². The van der Waals surface area contributed by atoms with Crippen LogP contribution in [0.25, 0.3) is 0 Å². The second-order valence-corrected chi connectivity index (χ2v) is 4.42. The third-order valence-corrected chi connectivity index (χ3v) is 3.13. The number of amides is 1. The van der Waals surface area contributed by atoms with E-state index in [0.29, 0.717) is 18.9 Å². The quantitative estimate of drug-likeness (QED) is 0.674. The summed E-state index contributed by atoms with van der Waals surface area (Å²) in [4.78, 5) is 13.7. The largest absolute Gasteiger partial charge is 0.381 e. The van der Waals surface area contributed by atoms with Gasteiger partial charge in [0.15, 0.2) is 0 Å². The molecule has 0 aromatic carbocycles. The standard InChI is InChI=1S/C11H16N2O2/c12-5-9-2-1-3-13(6-9)11(14)4-10-7-15-8-10/h9-10H,1-4,6-8H2. The number of likely N-dealkylation sites (tertiary alicyclic amines) is 1.